The number of benzene rings is 1. The lowest BCUT2D eigenvalue weighted by molar-refractivity contribution is 0.112. The van der Waals surface area contributed by atoms with Crippen molar-refractivity contribution in [2.24, 2.45) is 0 Å². The number of imidazole rings is 1. The average molecular weight is 281 g/mol. The Morgan fingerprint density at radius 1 is 1.25 bits per heavy atom. The van der Waals surface area contributed by atoms with Gasteiger partial charge in [-0.15, -0.1) is 11.3 Å². The van der Waals surface area contributed by atoms with E-state index in [-0.39, 0.29) is 0 Å². The molecule has 3 aromatic heterocycles. The fraction of sp³-hybridized carbons (Fsp3) is 0.0667. The number of rotatable bonds is 3. The third-order valence-electron chi connectivity index (χ3n) is 3.41. The van der Waals surface area contributed by atoms with E-state index in [1.54, 1.807) is 11.3 Å². The van der Waals surface area contributed by atoms with E-state index in [1.165, 1.54) is 0 Å². The highest BCUT2D eigenvalue weighted by Crippen LogP contribution is 2.19. The van der Waals surface area contributed by atoms with Crippen molar-refractivity contribution in [1.82, 2.24) is 14.0 Å². The van der Waals surface area contributed by atoms with E-state index >= 15 is 0 Å². The van der Waals surface area contributed by atoms with E-state index in [0.717, 1.165) is 27.8 Å². The zero-order valence-corrected chi connectivity index (χ0v) is 11.4. The Bertz CT molecular complexity index is 887. The third-order valence-corrected chi connectivity index (χ3v) is 4.18. The van der Waals surface area contributed by atoms with Gasteiger partial charge in [0.1, 0.15) is 6.29 Å². The number of hydrogen-bond acceptors (Lipinski definition) is 3. The van der Waals surface area contributed by atoms with Gasteiger partial charge in [0.2, 0.25) is 0 Å². The van der Waals surface area contributed by atoms with Crippen molar-refractivity contribution in [2.75, 3.05) is 0 Å². The Hall–Kier alpha value is -2.40. The van der Waals surface area contributed by atoms with Gasteiger partial charge in [-0.05, 0) is 17.5 Å². The van der Waals surface area contributed by atoms with Crippen LogP contribution >= 0.6 is 11.3 Å². The van der Waals surface area contributed by atoms with Gasteiger partial charge in [0.25, 0.3) is 0 Å². The number of carbonyl (C=O) groups excluding carboxylic acids is 1. The van der Waals surface area contributed by atoms with Crippen LogP contribution in [0.2, 0.25) is 0 Å². The van der Waals surface area contributed by atoms with Crippen molar-refractivity contribution >= 4 is 33.5 Å². The molecule has 0 fully saturated rings. The molecule has 0 saturated carbocycles. The molecule has 0 amide bonds. The number of hydrogen-bond donors (Lipinski definition) is 0. The maximum Gasteiger partial charge on any atom is 0.193 e. The van der Waals surface area contributed by atoms with Gasteiger partial charge in [0.15, 0.2) is 4.96 Å². The van der Waals surface area contributed by atoms with Crippen LogP contribution in [-0.2, 0) is 6.54 Å². The first kappa shape index (κ1) is 11.4. The Balaban J connectivity index is 1.77. The van der Waals surface area contributed by atoms with Crippen LogP contribution in [0.4, 0.5) is 0 Å². The summed E-state index contributed by atoms with van der Waals surface area (Å²) in [6, 6.07) is 7.79. The van der Waals surface area contributed by atoms with Gasteiger partial charge in [-0.3, -0.25) is 9.20 Å². The molecule has 0 aliphatic carbocycles. The second-order valence-corrected chi connectivity index (χ2v) is 5.58. The summed E-state index contributed by atoms with van der Waals surface area (Å²) >= 11 is 1.63. The predicted octanol–water partition coefficient (Wildman–Crippen LogP) is 3.21. The van der Waals surface area contributed by atoms with E-state index in [2.05, 4.69) is 15.6 Å². The summed E-state index contributed by atoms with van der Waals surface area (Å²) in [5, 5.41) is 3.16. The minimum Gasteiger partial charge on any atom is -0.341 e. The highest BCUT2D eigenvalue weighted by Gasteiger charge is 2.06. The molecule has 1 aromatic carbocycles. The highest BCUT2D eigenvalue weighted by molar-refractivity contribution is 7.15. The average Bonchev–Trinajstić information content (AvgIpc) is 3.13. The van der Waals surface area contributed by atoms with E-state index in [9.17, 15) is 4.79 Å². The second kappa shape index (κ2) is 4.31. The van der Waals surface area contributed by atoms with Crippen molar-refractivity contribution in [3.05, 3.63) is 59.5 Å². The quantitative estimate of drug-likeness (QED) is 0.541. The summed E-state index contributed by atoms with van der Waals surface area (Å²) < 4.78 is 4.15. The summed E-state index contributed by atoms with van der Waals surface area (Å²) in [5.41, 5.74) is 2.78. The molecule has 0 saturated heterocycles. The van der Waals surface area contributed by atoms with Crippen molar-refractivity contribution in [3.8, 4) is 0 Å². The van der Waals surface area contributed by atoms with Crippen molar-refractivity contribution in [2.45, 2.75) is 6.54 Å². The van der Waals surface area contributed by atoms with Crippen molar-refractivity contribution in [1.29, 1.82) is 0 Å². The Morgan fingerprint density at radius 3 is 3.05 bits per heavy atom. The molecule has 0 unspecified atom stereocenters. The molecule has 0 bridgehead atoms. The minimum atomic E-state index is 0.697. The lowest BCUT2D eigenvalue weighted by Crippen LogP contribution is -1.98. The van der Waals surface area contributed by atoms with Crippen LogP contribution in [0.5, 0.6) is 0 Å². The Kier molecular flexibility index (Phi) is 2.47. The highest BCUT2D eigenvalue weighted by atomic mass is 32.1. The molecular formula is C15H11N3OS. The zero-order chi connectivity index (χ0) is 13.5. The molecular weight excluding hydrogens is 270 g/mol. The summed E-state index contributed by atoms with van der Waals surface area (Å²) in [6.07, 6.45) is 6.96. The fourth-order valence-corrected chi connectivity index (χ4v) is 3.16. The Morgan fingerprint density at radius 2 is 2.20 bits per heavy atom. The lowest BCUT2D eigenvalue weighted by atomic mass is 10.2. The van der Waals surface area contributed by atoms with Crippen LogP contribution in [0, 0.1) is 0 Å². The van der Waals surface area contributed by atoms with Crippen LogP contribution in [0.15, 0.2) is 48.2 Å². The molecule has 4 aromatic rings. The van der Waals surface area contributed by atoms with Gasteiger partial charge in [0.05, 0.1) is 12.2 Å². The normalized spacial score (nSPS) is 11.4. The van der Waals surface area contributed by atoms with Crippen LogP contribution in [0.3, 0.4) is 0 Å². The summed E-state index contributed by atoms with van der Waals surface area (Å²) in [4.78, 5) is 16.5. The lowest BCUT2D eigenvalue weighted by Gasteiger charge is -2.03. The molecule has 4 nitrogen and oxygen atoms in total. The van der Waals surface area contributed by atoms with E-state index < -0.39 is 0 Å². The molecule has 0 atom stereocenters. The van der Waals surface area contributed by atoms with Gasteiger partial charge in [-0.1, -0.05) is 12.1 Å². The third kappa shape index (κ3) is 1.75. The van der Waals surface area contributed by atoms with Gasteiger partial charge in [-0.25, -0.2) is 4.98 Å². The van der Waals surface area contributed by atoms with E-state index in [1.807, 2.05) is 46.6 Å². The molecule has 0 aliphatic rings. The first-order valence-corrected chi connectivity index (χ1v) is 7.16. The van der Waals surface area contributed by atoms with Gasteiger partial charge >= 0.3 is 0 Å². The largest absolute Gasteiger partial charge is 0.341 e. The van der Waals surface area contributed by atoms with Gasteiger partial charge in [0, 0.05) is 35.1 Å². The van der Waals surface area contributed by atoms with E-state index in [4.69, 9.17) is 0 Å². The summed E-state index contributed by atoms with van der Waals surface area (Å²) in [6.45, 7) is 0.709. The van der Waals surface area contributed by atoms with Gasteiger partial charge in [-0.2, -0.15) is 0 Å². The van der Waals surface area contributed by atoms with Crippen molar-refractivity contribution in [3.63, 3.8) is 0 Å². The molecule has 0 aliphatic heterocycles. The number of carbonyl (C=O) groups is 1. The number of aldehydes is 1. The van der Waals surface area contributed by atoms with Crippen LogP contribution in [-0.4, -0.2) is 20.2 Å². The Labute approximate surface area is 118 Å². The van der Waals surface area contributed by atoms with Crippen LogP contribution < -0.4 is 0 Å². The molecule has 0 N–H and O–H groups in total. The first-order valence-electron chi connectivity index (χ1n) is 6.29. The standard InChI is InChI=1S/C15H11N3OS/c19-10-11-1-2-12-3-4-17(14(12)7-11)8-13-9-18-5-6-20-15(18)16-13/h1-7,9-10H,8H2. The molecule has 4 rings (SSSR count). The smallest absolute Gasteiger partial charge is 0.193 e. The predicted molar refractivity (Wildman–Crippen MR) is 79.5 cm³/mol. The molecule has 0 radical (unpaired) electrons. The number of aromatic nitrogens is 3. The molecule has 98 valence electrons. The molecule has 20 heavy (non-hydrogen) atoms. The maximum atomic E-state index is 10.9. The zero-order valence-electron chi connectivity index (χ0n) is 10.6. The number of thiazole rings is 1. The first-order chi connectivity index (χ1) is 9.83. The SMILES string of the molecule is O=Cc1ccc2ccn(Cc3cn4ccsc4n3)c2c1. The molecule has 0 spiro atoms. The molecule has 5 heteroatoms. The van der Waals surface area contributed by atoms with Crippen LogP contribution in [0.25, 0.3) is 15.9 Å². The number of fused-ring (bicyclic) bond motifs is 2. The van der Waals surface area contributed by atoms with Crippen molar-refractivity contribution < 1.29 is 4.79 Å². The van der Waals surface area contributed by atoms with E-state index in [0.29, 0.717) is 12.1 Å². The van der Waals surface area contributed by atoms with Crippen LogP contribution in [0.1, 0.15) is 16.1 Å². The molecule has 3 heterocycles. The monoisotopic (exact) mass is 281 g/mol. The maximum absolute atomic E-state index is 10.9. The second-order valence-electron chi connectivity index (χ2n) is 4.70. The minimum absolute atomic E-state index is 0.697. The summed E-state index contributed by atoms with van der Waals surface area (Å²) in [7, 11) is 0. The fourth-order valence-electron chi connectivity index (χ4n) is 2.44. The summed E-state index contributed by atoms with van der Waals surface area (Å²) in [5.74, 6) is 0. The number of nitrogens with zero attached hydrogens (tertiary/aromatic N) is 3. The topological polar surface area (TPSA) is 39.3 Å². The van der Waals surface area contributed by atoms with Gasteiger partial charge < -0.3 is 4.57 Å².